The van der Waals surface area contributed by atoms with Crippen LogP contribution < -0.4 is 4.90 Å². The van der Waals surface area contributed by atoms with Crippen molar-refractivity contribution in [3.05, 3.63) is 224 Å². The van der Waals surface area contributed by atoms with E-state index in [2.05, 4.69) is 222 Å². The van der Waals surface area contributed by atoms with Gasteiger partial charge >= 0.3 is 0 Å². The van der Waals surface area contributed by atoms with Crippen molar-refractivity contribution < 1.29 is 0 Å². The molecule has 2 heteroatoms. The maximum absolute atomic E-state index is 4.08. The summed E-state index contributed by atoms with van der Waals surface area (Å²) in [5.41, 5.74) is 13.0. The normalized spacial score (nSPS) is 13.7. The fraction of sp³-hybridized carbons (Fsp3) is 0.0741. The van der Waals surface area contributed by atoms with Crippen molar-refractivity contribution in [2.75, 3.05) is 4.90 Å². The van der Waals surface area contributed by atoms with Gasteiger partial charge in [-0.15, -0.1) is 0 Å². The lowest BCUT2D eigenvalue weighted by molar-refractivity contribution is 0.787. The van der Waals surface area contributed by atoms with Crippen LogP contribution in [0.2, 0.25) is 0 Å². The van der Waals surface area contributed by atoms with Gasteiger partial charge in [0.15, 0.2) is 0 Å². The fourth-order valence-corrected chi connectivity index (χ4v) is 7.93. The molecule has 0 radical (unpaired) electrons. The van der Waals surface area contributed by atoms with Crippen molar-refractivity contribution in [1.29, 1.82) is 0 Å². The van der Waals surface area contributed by atoms with E-state index in [4.69, 9.17) is 0 Å². The second-order valence-corrected chi connectivity index (χ2v) is 13.7. The topological polar surface area (TPSA) is 8.17 Å². The molecule has 272 valence electrons. The molecular weight excluding hydrogens is 677 g/mol. The molecule has 2 nitrogen and oxygen atoms in total. The molecule has 1 aliphatic rings. The van der Waals surface area contributed by atoms with Crippen LogP contribution in [0, 0.1) is 0 Å². The molecule has 1 aliphatic carbocycles. The highest BCUT2D eigenvalue weighted by atomic mass is 15.2. The lowest BCUT2D eigenvalue weighted by Crippen LogP contribution is -2.30. The van der Waals surface area contributed by atoms with Gasteiger partial charge in [0.25, 0.3) is 0 Å². The highest BCUT2D eigenvalue weighted by Gasteiger charge is 2.28. The Morgan fingerprint density at radius 3 is 1.93 bits per heavy atom. The first-order valence-corrected chi connectivity index (χ1v) is 19.7. The summed E-state index contributed by atoms with van der Waals surface area (Å²) in [4.78, 5) is 2.55. The average molecular weight is 723 g/mol. The van der Waals surface area contributed by atoms with Crippen LogP contribution in [0.1, 0.15) is 31.5 Å². The van der Waals surface area contributed by atoms with E-state index in [9.17, 15) is 0 Å². The van der Waals surface area contributed by atoms with E-state index in [0.29, 0.717) is 0 Å². The number of hydrogen-bond acceptors (Lipinski definition) is 1. The van der Waals surface area contributed by atoms with Gasteiger partial charge in [-0.1, -0.05) is 196 Å². The molecule has 8 aromatic rings. The molecule has 0 aliphatic heterocycles. The molecule has 1 unspecified atom stereocenters. The maximum Gasteiger partial charge on any atom is 0.0756 e. The lowest BCUT2D eigenvalue weighted by atomic mass is 9.95. The number of nitrogens with zero attached hydrogens (tertiary/aromatic N) is 2. The molecule has 0 saturated heterocycles. The van der Waals surface area contributed by atoms with E-state index < -0.39 is 0 Å². The van der Waals surface area contributed by atoms with Gasteiger partial charge in [0, 0.05) is 16.8 Å². The molecule has 1 heterocycles. The zero-order valence-corrected chi connectivity index (χ0v) is 32.1. The van der Waals surface area contributed by atoms with Crippen molar-refractivity contribution in [2.24, 2.45) is 0 Å². The van der Waals surface area contributed by atoms with Crippen molar-refractivity contribution in [2.45, 2.75) is 26.3 Å². The number of para-hydroxylation sites is 1. The first kappa shape index (κ1) is 36.1. The zero-order valence-electron chi connectivity index (χ0n) is 32.1. The van der Waals surface area contributed by atoms with Gasteiger partial charge in [-0.3, -0.25) is 0 Å². The minimum absolute atomic E-state index is 0.0727. The third-order valence-corrected chi connectivity index (χ3v) is 10.5. The maximum atomic E-state index is 4.08. The summed E-state index contributed by atoms with van der Waals surface area (Å²) in [5, 5.41) is 3.67. The van der Waals surface area contributed by atoms with Crippen LogP contribution in [0.5, 0.6) is 0 Å². The molecule has 0 N–H and O–H groups in total. The molecule has 9 rings (SSSR count). The van der Waals surface area contributed by atoms with E-state index in [0.717, 1.165) is 34.7 Å². The van der Waals surface area contributed by atoms with Gasteiger partial charge in [0.2, 0.25) is 0 Å². The van der Waals surface area contributed by atoms with Crippen molar-refractivity contribution >= 4 is 44.7 Å². The molecule has 0 amide bonds. The minimum atomic E-state index is 0.0727. The second-order valence-electron chi connectivity index (χ2n) is 13.7. The highest BCUT2D eigenvalue weighted by Crippen LogP contribution is 2.45. The zero-order chi connectivity index (χ0) is 38.3. The van der Waals surface area contributed by atoms with Crippen LogP contribution in [-0.2, 0) is 0 Å². The molecule has 0 spiro atoms. The van der Waals surface area contributed by atoms with Crippen LogP contribution in [-0.4, -0.2) is 10.6 Å². The molecule has 0 saturated carbocycles. The molecule has 7 aromatic carbocycles. The second kappa shape index (κ2) is 16.6. The Hall–Kier alpha value is -6.90. The van der Waals surface area contributed by atoms with E-state index in [1.807, 2.05) is 19.9 Å². The Kier molecular flexibility index (Phi) is 10.7. The Labute approximate surface area is 331 Å². The quantitative estimate of drug-likeness (QED) is 0.135. The summed E-state index contributed by atoms with van der Waals surface area (Å²) in [6.45, 7) is 8.08. The Morgan fingerprint density at radius 1 is 0.607 bits per heavy atom. The summed E-state index contributed by atoms with van der Waals surface area (Å²) in [6.07, 6.45) is 14.1. The Bertz CT molecular complexity index is 2670. The van der Waals surface area contributed by atoms with Gasteiger partial charge in [0.1, 0.15) is 0 Å². The predicted molar refractivity (Wildman–Crippen MR) is 243 cm³/mol. The number of benzene rings is 7. The van der Waals surface area contributed by atoms with Gasteiger partial charge in [-0.2, -0.15) is 0 Å². The molecule has 56 heavy (non-hydrogen) atoms. The molecule has 0 bridgehead atoms. The van der Waals surface area contributed by atoms with Gasteiger partial charge in [0.05, 0.1) is 22.9 Å². The average Bonchev–Trinajstić information content (AvgIpc) is 3.60. The smallest absolute Gasteiger partial charge is 0.0756 e. The predicted octanol–water partition coefficient (Wildman–Crippen LogP) is 14.9. The highest BCUT2D eigenvalue weighted by molar-refractivity contribution is 6.05. The summed E-state index contributed by atoms with van der Waals surface area (Å²) in [7, 11) is 0. The number of anilines is 2. The number of rotatable bonds is 9. The lowest BCUT2D eigenvalue weighted by Gasteiger charge is -2.34. The van der Waals surface area contributed by atoms with E-state index in [1.165, 1.54) is 49.5 Å². The van der Waals surface area contributed by atoms with Crippen molar-refractivity contribution in [3.63, 3.8) is 0 Å². The van der Waals surface area contributed by atoms with Crippen LogP contribution in [0.4, 0.5) is 11.4 Å². The first-order chi connectivity index (χ1) is 27.8. The Morgan fingerprint density at radius 2 is 1.23 bits per heavy atom. The monoisotopic (exact) mass is 722 g/mol. The number of hydrogen-bond donors (Lipinski definition) is 0. The van der Waals surface area contributed by atoms with Crippen molar-refractivity contribution in [3.8, 4) is 27.9 Å². The van der Waals surface area contributed by atoms with E-state index in [-0.39, 0.29) is 6.04 Å². The van der Waals surface area contributed by atoms with Crippen LogP contribution in [0.25, 0.3) is 61.3 Å². The largest absolute Gasteiger partial charge is 0.332 e. The first-order valence-electron chi connectivity index (χ1n) is 19.7. The van der Waals surface area contributed by atoms with Gasteiger partial charge < -0.3 is 9.47 Å². The van der Waals surface area contributed by atoms with Gasteiger partial charge in [-0.25, -0.2) is 0 Å². The number of allylic oxidation sites excluding steroid dienone is 4. The third kappa shape index (κ3) is 7.06. The number of fused-ring (bicyclic) bond motifs is 2. The van der Waals surface area contributed by atoms with Gasteiger partial charge in [-0.05, 0) is 87.0 Å². The molecular formula is C54H46N2. The van der Waals surface area contributed by atoms with E-state index >= 15 is 0 Å². The minimum Gasteiger partial charge on any atom is -0.332 e. The summed E-state index contributed by atoms with van der Waals surface area (Å²) < 4.78 is 2.42. The van der Waals surface area contributed by atoms with E-state index in [1.54, 1.807) is 0 Å². The fourth-order valence-electron chi connectivity index (χ4n) is 7.93. The van der Waals surface area contributed by atoms with Crippen LogP contribution >= 0.6 is 0 Å². The molecule has 0 fully saturated rings. The third-order valence-electron chi connectivity index (χ3n) is 10.5. The van der Waals surface area contributed by atoms with Crippen LogP contribution in [0.15, 0.2) is 213 Å². The summed E-state index contributed by atoms with van der Waals surface area (Å²) in [6, 6.07) is 63.4. The Balaban J connectivity index is 0.00000217. The standard InChI is InChI=1S/C52H40N2.C2H6/c1-2-3-26-50-52(49-36-31-43(37-51(49)54(50)44-22-11-6-12-23-44)48-25-15-21-42-20-13-14-24-47(42)48)53(45-32-27-40(28-33-45)38-16-7-4-8-17-38)46-34-29-41(30-35-46)39-18-9-5-10-19-39;1-2/h2-34,36-37,46H,1,35H2;1-2H3/b26-3-;. The SMILES string of the molecule is C=C/C=C\c1c(N(c2ccc(-c3ccccc3)cc2)C2C=CC(c3ccccc3)=CC2)c2ccc(-c3cccc4ccccc34)cc2n1-c1ccccc1.CC. The molecule has 1 aromatic heterocycles. The van der Waals surface area contributed by atoms with Crippen molar-refractivity contribution in [1.82, 2.24) is 4.57 Å². The van der Waals surface area contributed by atoms with Crippen LogP contribution in [0.3, 0.4) is 0 Å². The molecule has 1 atom stereocenters. The summed E-state index contributed by atoms with van der Waals surface area (Å²) >= 11 is 0. The number of aromatic nitrogens is 1. The summed E-state index contributed by atoms with van der Waals surface area (Å²) in [5.74, 6) is 0.